The number of guanidine groups is 1. The van der Waals surface area contributed by atoms with Crippen LogP contribution >= 0.6 is 0 Å². The summed E-state index contributed by atoms with van der Waals surface area (Å²) in [4.78, 5) is 4.46. The van der Waals surface area contributed by atoms with Crippen molar-refractivity contribution < 1.29 is 0 Å². The Morgan fingerprint density at radius 3 is 2.44 bits per heavy atom. The average molecular weight is 248 g/mol. The van der Waals surface area contributed by atoms with Gasteiger partial charge in [-0.2, -0.15) is 5.26 Å². The molecule has 0 spiro atoms. The number of nitrogens with one attached hydrogen (secondary N) is 1. The fourth-order valence-corrected chi connectivity index (χ4v) is 3.03. The molecule has 18 heavy (non-hydrogen) atoms. The largest absolute Gasteiger partial charge is 0.370 e. The molecule has 4 nitrogen and oxygen atoms in total. The lowest BCUT2D eigenvalue weighted by Gasteiger charge is -2.23. The third-order valence-electron chi connectivity index (χ3n) is 4.26. The van der Waals surface area contributed by atoms with Gasteiger partial charge in [0.25, 0.3) is 0 Å². The van der Waals surface area contributed by atoms with E-state index in [-0.39, 0.29) is 5.92 Å². The maximum absolute atomic E-state index is 8.85. The number of rotatable bonds is 3. The number of nitriles is 1. The van der Waals surface area contributed by atoms with Gasteiger partial charge in [-0.25, -0.2) is 0 Å². The van der Waals surface area contributed by atoms with E-state index in [1.165, 1.54) is 25.7 Å². The summed E-state index contributed by atoms with van der Waals surface area (Å²) in [6.07, 6.45) is 9.38. The summed E-state index contributed by atoms with van der Waals surface area (Å²) in [6.45, 7) is 0.823. The van der Waals surface area contributed by atoms with Crippen molar-refractivity contribution in [3.63, 3.8) is 0 Å². The predicted molar refractivity (Wildman–Crippen MR) is 72.9 cm³/mol. The Kier molecular flexibility index (Phi) is 4.86. The molecule has 0 bridgehead atoms. The first-order valence-electron chi connectivity index (χ1n) is 7.24. The smallest absolute Gasteiger partial charge is 0.188 e. The van der Waals surface area contributed by atoms with E-state index in [0.717, 1.165) is 32.2 Å². The van der Waals surface area contributed by atoms with Crippen LogP contribution in [0.15, 0.2) is 4.99 Å². The second kappa shape index (κ2) is 6.63. The lowest BCUT2D eigenvalue weighted by atomic mass is 9.83. The maximum atomic E-state index is 8.85. The van der Waals surface area contributed by atoms with Crippen LogP contribution in [0.5, 0.6) is 0 Å². The molecule has 0 aromatic carbocycles. The topological polar surface area (TPSA) is 74.2 Å². The van der Waals surface area contributed by atoms with E-state index in [0.29, 0.717) is 17.9 Å². The van der Waals surface area contributed by atoms with Crippen molar-refractivity contribution in [2.45, 2.75) is 57.4 Å². The highest BCUT2D eigenvalue weighted by Gasteiger charge is 2.20. The first-order chi connectivity index (χ1) is 8.78. The third-order valence-corrected chi connectivity index (χ3v) is 4.26. The first kappa shape index (κ1) is 13.2. The van der Waals surface area contributed by atoms with Crippen molar-refractivity contribution in [1.29, 1.82) is 5.26 Å². The Balaban J connectivity index is 1.68. The van der Waals surface area contributed by atoms with Crippen LogP contribution in [0, 0.1) is 23.2 Å². The summed E-state index contributed by atoms with van der Waals surface area (Å²) in [6, 6.07) is 2.91. The van der Waals surface area contributed by atoms with Gasteiger partial charge in [0, 0.05) is 18.5 Å². The van der Waals surface area contributed by atoms with Gasteiger partial charge in [0.05, 0.1) is 6.07 Å². The molecule has 0 atom stereocenters. The van der Waals surface area contributed by atoms with Crippen LogP contribution in [-0.2, 0) is 0 Å². The molecule has 0 aliphatic heterocycles. The third kappa shape index (κ3) is 3.90. The zero-order valence-corrected chi connectivity index (χ0v) is 11.1. The summed E-state index contributed by atoms with van der Waals surface area (Å²) in [5.74, 6) is 1.52. The Morgan fingerprint density at radius 1 is 1.17 bits per heavy atom. The molecule has 100 valence electrons. The summed E-state index contributed by atoms with van der Waals surface area (Å²) in [7, 11) is 0. The number of hydrogen-bond acceptors (Lipinski definition) is 2. The highest BCUT2D eigenvalue weighted by atomic mass is 15.1. The van der Waals surface area contributed by atoms with Crippen molar-refractivity contribution in [1.82, 2.24) is 5.32 Å². The molecule has 4 heteroatoms. The van der Waals surface area contributed by atoms with Gasteiger partial charge in [0.2, 0.25) is 0 Å². The van der Waals surface area contributed by atoms with Crippen molar-refractivity contribution in [3.05, 3.63) is 0 Å². The standard InChI is InChI=1S/C14H24N4/c15-9-11-5-7-12(8-6-11)10-17-14(16)18-13-3-1-2-4-13/h11-13H,1-8,10H2,(H3,16,17,18). The van der Waals surface area contributed by atoms with Crippen LogP contribution in [-0.4, -0.2) is 18.5 Å². The van der Waals surface area contributed by atoms with Crippen LogP contribution in [0.2, 0.25) is 0 Å². The average Bonchev–Trinajstić information content (AvgIpc) is 2.90. The predicted octanol–water partition coefficient (Wildman–Crippen LogP) is 2.16. The van der Waals surface area contributed by atoms with Gasteiger partial charge in [0.1, 0.15) is 0 Å². The van der Waals surface area contributed by atoms with Gasteiger partial charge >= 0.3 is 0 Å². The minimum Gasteiger partial charge on any atom is -0.370 e. The fraction of sp³-hybridized carbons (Fsp3) is 0.857. The van der Waals surface area contributed by atoms with E-state index < -0.39 is 0 Å². The Morgan fingerprint density at radius 2 is 1.83 bits per heavy atom. The van der Waals surface area contributed by atoms with Crippen molar-refractivity contribution in [2.75, 3.05) is 6.54 Å². The van der Waals surface area contributed by atoms with Crippen LogP contribution in [0.25, 0.3) is 0 Å². The Bertz CT molecular complexity index is 317. The van der Waals surface area contributed by atoms with Gasteiger partial charge in [-0.15, -0.1) is 0 Å². The number of nitrogens with two attached hydrogens (primary N) is 1. The van der Waals surface area contributed by atoms with Crippen molar-refractivity contribution >= 4 is 5.96 Å². The van der Waals surface area contributed by atoms with E-state index >= 15 is 0 Å². The number of hydrogen-bond donors (Lipinski definition) is 2. The van der Waals surface area contributed by atoms with E-state index in [1.54, 1.807) is 0 Å². The first-order valence-corrected chi connectivity index (χ1v) is 7.24. The van der Waals surface area contributed by atoms with E-state index in [1.807, 2.05) is 0 Å². The molecule has 2 fully saturated rings. The highest BCUT2D eigenvalue weighted by Crippen LogP contribution is 2.28. The van der Waals surface area contributed by atoms with E-state index in [4.69, 9.17) is 11.0 Å². The molecule has 0 aromatic rings. The molecule has 0 amide bonds. The SMILES string of the molecule is N#CC1CCC(CN=C(N)NC2CCCC2)CC1. The van der Waals surface area contributed by atoms with Crippen LogP contribution < -0.4 is 11.1 Å². The summed E-state index contributed by atoms with van der Waals surface area (Å²) >= 11 is 0. The molecule has 2 aliphatic rings. The van der Waals surface area contributed by atoms with Crippen LogP contribution in [0.3, 0.4) is 0 Å². The molecule has 0 saturated heterocycles. The molecule has 0 heterocycles. The molecular formula is C14H24N4. The quantitative estimate of drug-likeness (QED) is 0.593. The normalized spacial score (nSPS) is 30.1. The molecule has 2 saturated carbocycles. The zero-order valence-electron chi connectivity index (χ0n) is 11.1. The minimum atomic E-state index is 0.277. The Labute approximate surface area is 110 Å². The minimum absolute atomic E-state index is 0.277. The number of nitrogens with zero attached hydrogens (tertiary/aromatic N) is 2. The van der Waals surface area contributed by atoms with Crippen molar-refractivity contribution in [2.24, 2.45) is 22.6 Å². The molecule has 3 N–H and O–H groups in total. The zero-order chi connectivity index (χ0) is 12.8. The molecule has 2 aliphatic carbocycles. The second-order valence-electron chi connectivity index (χ2n) is 5.70. The number of aliphatic imine (C=N–C) groups is 1. The summed E-state index contributed by atoms with van der Waals surface area (Å²) in [5, 5.41) is 12.2. The lowest BCUT2D eigenvalue weighted by molar-refractivity contribution is 0.321. The fourth-order valence-electron chi connectivity index (χ4n) is 3.03. The second-order valence-corrected chi connectivity index (χ2v) is 5.70. The highest BCUT2D eigenvalue weighted by molar-refractivity contribution is 5.78. The van der Waals surface area contributed by atoms with Crippen LogP contribution in [0.1, 0.15) is 51.4 Å². The lowest BCUT2D eigenvalue weighted by Crippen LogP contribution is -2.39. The van der Waals surface area contributed by atoms with Gasteiger partial charge in [-0.1, -0.05) is 12.8 Å². The van der Waals surface area contributed by atoms with Crippen LogP contribution in [0.4, 0.5) is 0 Å². The van der Waals surface area contributed by atoms with E-state index in [9.17, 15) is 0 Å². The molecule has 0 unspecified atom stereocenters. The summed E-state index contributed by atoms with van der Waals surface area (Å²) in [5.41, 5.74) is 5.91. The molecule has 0 aromatic heterocycles. The van der Waals surface area contributed by atoms with E-state index in [2.05, 4.69) is 16.4 Å². The van der Waals surface area contributed by atoms with Gasteiger partial charge in [-0.05, 0) is 44.4 Å². The molecule has 0 radical (unpaired) electrons. The molecule has 2 rings (SSSR count). The Hall–Kier alpha value is -1.24. The summed E-state index contributed by atoms with van der Waals surface area (Å²) < 4.78 is 0. The van der Waals surface area contributed by atoms with Crippen molar-refractivity contribution in [3.8, 4) is 6.07 Å². The van der Waals surface area contributed by atoms with Gasteiger partial charge in [0.15, 0.2) is 5.96 Å². The monoisotopic (exact) mass is 248 g/mol. The molecular weight excluding hydrogens is 224 g/mol. The maximum Gasteiger partial charge on any atom is 0.188 e. The van der Waals surface area contributed by atoms with Gasteiger partial charge < -0.3 is 11.1 Å². The van der Waals surface area contributed by atoms with Gasteiger partial charge in [-0.3, -0.25) is 4.99 Å².